The number of carbonyl (C=O) groups excluding carboxylic acids is 2. The van der Waals surface area contributed by atoms with Gasteiger partial charge in [-0.1, -0.05) is 0 Å². The Kier molecular flexibility index (Phi) is 4.01. The average Bonchev–Trinajstić information content (AvgIpc) is 2.82. The van der Waals surface area contributed by atoms with E-state index in [2.05, 4.69) is 0 Å². The lowest BCUT2D eigenvalue weighted by atomic mass is 10.2. The molecule has 0 bridgehead atoms. The highest BCUT2D eigenvalue weighted by atomic mass is 19.1. The summed E-state index contributed by atoms with van der Waals surface area (Å²) in [6.45, 7) is -0.278. The summed E-state index contributed by atoms with van der Waals surface area (Å²) in [5.74, 6) is -0.757. The molecule has 0 spiro atoms. The van der Waals surface area contributed by atoms with Gasteiger partial charge < -0.3 is 10.5 Å². The predicted molar refractivity (Wildman–Crippen MR) is 68.3 cm³/mol. The lowest BCUT2D eigenvalue weighted by Crippen LogP contribution is -2.45. The fourth-order valence-corrected chi connectivity index (χ4v) is 2.05. The number of ether oxygens (including phenoxy) is 1. The van der Waals surface area contributed by atoms with Gasteiger partial charge in [0.1, 0.15) is 18.0 Å². The molecule has 1 fully saturated rings. The van der Waals surface area contributed by atoms with E-state index in [9.17, 15) is 24.1 Å². The summed E-state index contributed by atoms with van der Waals surface area (Å²) >= 11 is 0. The van der Waals surface area contributed by atoms with Crippen molar-refractivity contribution in [1.29, 1.82) is 0 Å². The van der Waals surface area contributed by atoms with Crippen LogP contribution in [0.15, 0.2) is 24.3 Å². The second kappa shape index (κ2) is 5.73. The Morgan fingerprint density at radius 2 is 2.00 bits per heavy atom. The lowest BCUT2D eigenvalue weighted by molar-refractivity contribution is -0.384. The minimum Gasteiger partial charge on any atom is -0.410 e. The fraction of sp³-hybridized carbons (Fsp3) is 0.333. The fourth-order valence-electron chi connectivity index (χ4n) is 2.05. The van der Waals surface area contributed by atoms with Crippen LogP contribution < -0.4 is 10.5 Å². The average molecular weight is 297 g/mol. The van der Waals surface area contributed by atoms with Gasteiger partial charge >= 0.3 is 6.09 Å². The summed E-state index contributed by atoms with van der Waals surface area (Å²) in [4.78, 5) is 33.9. The smallest absolute Gasteiger partial charge is 0.410 e. The van der Waals surface area contributed by atoms with Crippen LogP contribution in [0.5, 0.6) is 5.75 Å². The third kappa shape index (κ3) is 3.25. The number of benzene rings is 1. The number of rotatable bonds is 3. The Labute approximate surface area is 118 Å². The molecule has 1 saturated heterocycles. The van der Waals surface area contributed by atoms with E-state index >= 15 is 0 Å². The second-order valence-electron chi connectivity index (χ2n) is 4.52. The molecule has 2 unspecified atom stereocenters. The third-order valence-corrected chi connectivity index (χ3v) is 3.07. The Morgan fingerprint density at radius 1 is 1.38 bits per heavy atom. The molecular formula is C12H12FN3O5. The van der Waals surface area contributed by atoms with Gasteiger partial charge in [0.25, 0.3) is 5.69 Å². The molecule has 0 radical (unpaired) electrons. The van der Waals surface area contributed by atoms with Crippen LogP contribution in [0.2, 0.25) is 0 Å². The SMILES string of the molecule is NC(=O)C1CC(F)CN1C(=O)Oc1ccc([N+](=O)[O-])cc1. The molecule has 1 aliphatic heterocycles. The topological polar surface area (TPSA) is 116 Å². The van der Waals surface area contributed by atoms with Gasteiger partial charge in [-0.2, -0.15) is 0 Å². The number of non-ortho nitro benzene ring substituents is 1. The minimum absolute atomic E-state index is 0.0520. The number of carbonyl (C=O) groups is 2. The number of primary amides is 1. The zero-order valence-electron chi connectivity index (χ0n) is 10.8. The van der Waals surface area contributed by atoms with Crippen LogP contribution in [-0.4, -0.2) is 40.6 Å². The van der Waals surface area contributed by atoms with Gasteiger partial charge in [-0.15, -0.1) is 0 Å². The highest BCUT2D eigenvalue weighted by Crippen LogP contribution is 2.23. The van der Waals surface area contributed by atoms with Gasteiger partial charge in [-0.25, -0.2) is 9.18 Å². The van der Waals surface area contributed by atoms with Crippen LogP contribution in [0, 0.1) is 10.1 Å². The molecule has 1 aliphatic rings. The van der Waals surface area contributed by atoms with E-state index in [-0.39, 0.29) is 24.4 Å². The zero-order valence-corrected chi connectivity index (χ0v) is 10.8. The maximum Gasteiger partial charge on any atom is 0.416 e. The summed E-state index contributed by atoms with van der Waals surface area (Å²) in [6, 6.07) is 3.74. The van der Waals surface area contributed by atoms with Crippen molar-refractivity contribution in [3.8, 4) is 5.75 Å². The summed E-state index contributed by atoms with van der Waals surface area (Å²) < 4.78 is 18.2. The number of nitro benzene ring substituents is 1. The van der Waals surface area contributed by atoms with Gasteiger partial charge in [0.15, 0.2) is 0 Å². The Morgan fingerprint density at radius 3 is 2.52 bits per heavy atom. The number of nitrogens with zero attached hydrogens (tertiary/aromatic N) is 2. The van der Waals surface area contributed by atoms with E-state index in [4.69, 9.17) is 10.5 Å². The van der Waals surface area contributed by atoms with Crippen molar-refractivity contribution in [2.75, 3.05) is 6.54 Å². The molecule has 1 aromatic carbocycles. The van der Waals surface area contributed by atoms with Gasteiger partial charge in [0, 0.05) is 18.6 Å². The first kappa shape index (κ1) is 14.7. The normalized spacial score (nSPS) is 21.1. The summed E-state index contributed by atoms with van der Waals surface area (Å²) in [5.41, 5.74) is 4.95. The van der Waals surface area contributed by atoms with Gasteiger partial charge in [-0.3, -0.25) is 19.8 Å². The van der Waals surface area contributed by atoms with Crippen molar-refractivity contribution < 1.29 is 23.6 Å². The van der Waals surface area contributed by atoms with Crippen molar-refractivity contribution >= 4 is 17.7 Å². The van der Waals surface area contributed by atoms with Crippen molar-refractivity contribution in [3.05, 3.63) is 34.4 Å². The number of halogens is 1. The quantitative estimate of drug-likeness (QED) is 0.659. The van der Waals surface area contributed by atoms with Crippen molar-refractivity contribution in [3.63, 3.8) is 0 Å². The molecule has 2 amide bonds. The predicted octanol–water partition coefficient (Wildman–Crippen LogP) is 0.991. The Bertz CT molecular complexity index is 577. The molecule has 9 heteroatoms. The van der Waals surface area contributed by atoms with E-state index in [1.165, 1.54) is 12.1 Å². The number of nitro groups is 1. The van der Waals surface area contributed by atoms with E-state index in [0.29, 0.717) is 0 Å². The molecular weight excluding hydrogens is 285 g/mol. The van der Waals surface area contributed by atoms with Crippen LogP contribution in [0.3, 0.4) is 0 Å². The number of amides is 2. The summed E-state index contributed by atoms with van der Waals surface area (Å²) in [6.07, 6.45) is -2.43. The largest absolute Gasteiger partial charge is 0.416 e. The van der Waals surface area contributed by atoms with Crippen LogP contribution in [0.4, 0.5) is 14.9 Å². The lowest BCUT2D eigenvalue weighted by Gasteiger charge is -2.20. The monoisotopic (exact) mass is 297 g/mol. The number of likely N-dealkylation sites (tertiary alicyclic amines) is 1. The maximum absolute atomic E-state index is 13.3. The van der Waals surface area contributed by atoms with Crippen molar-refractivity contribution in [2.24, 2.45) is 5.73 Å². The van der Waals surface area contributed by atoms with Gasteiger partial charge in [0.05, 0.1) is 11.5 Å². The molecule has 0 aliphatic carbocycles. The number of hydrogen-bond donors (Lipinski definition) is 1. The molecule has 2 atom stereocenters. The van der Waals surface area contributed by atoms with Crippen LogP contribution in [0.1, 0.15) is 6.42 Å². The number of hydrogen-bond acceptors (Lipinski definition) is 5. The summed E-state index contributed by atoms with van der Waals surface area (Å²) in [5, 5.41) is 10.5. The maximum atomic E-state index is 13.3. The van der Waals surface area contributed by atoms with Gasteiger partial charge in [-0.05, 0) is 12.1 Å². The molecule has 1 heterocycles. The molecule has 21 heavy (non-hydrogen) atoms. The number of nitrogens with two attached hydrogens (primary N) is 1. The molecule has 1 aromatic rings. The number of alkyl halides is 1. The molecule has 2 rings (SSSR count). The van der Waals surface area contributed by atoms with Crippen LogP contribution >= 0.6 is 0 Å². The second-order valence-corrected chi connectivity index (χ2v) is 4.52. The highest BCUT2D eigenvalue weighted by molar-refractivity contribution is 5.85. The Hall–Kier alpha value is -2.71. The van der Waals surface area contributed by atoms with Crippen molar-refractivity contribution in [1.82, 2.24) is 4.90 Å². The molecule has 112 valence electrons. The molecule has 8 nitrogen and oxygen atoms in total. The van der Waals surface area contributed by atoms with Crippen molar-refractivity contribution in [2.45, 2.75) is 18.6 Å². The van der Waals surface area contributed by atoms with E-state index in [0.717, 1.165) is 17.0 Å². The third-order valence-electron chi connectivity index (χ3n) is 3.07. The Balaban J connectivity index is 2.06. The standard InChI is InChI=1S/C12H12FN3O5/c13-7-5-10(11(14)17)15(6-7)12(18)21-9-3-1-8(2-4-9)16(19)20/h1-4,7,10H,5-6H2,(H2,14,17). The first-order chi connectivity index (χ1) is 9.88. The van der Waals surface area contributed by atoms with Gasteiger partial charge in [0.2, 0.25) is 5.91 Å². The zero-order chi connectivity index (χ0) is 15.6. The van der Waals surface area contributed by atoms with Crippen LogP contribution in [-0.2, 0) is 4.79 Å². The van der Waals surface area contributed by atoms with E-state index in [1.807, 2.05) is 0 Å². The molecule has 2 N–H and O–H groups in total. The summed E-state index contributed by atoms with van der Waals surface area (Å²) in [7, 11) is 0. The van der Waals surface area contributed by atoms with E-state index in [1.54, 1.807) is 0 Å². The first-order valence-electron chi connectivity index (χ1n) is 6.04. The van der Waals surface area contributed by atoms with Crippen LogP contribution in [0.25, 0.3) is 0 Å². The first-order valence-corrected chi connectivity index (χ1v) is 6.04. The molecule has 0 saturated carbocycles. The highest BCUT2D eigenvalue weighted by Gasteiger charge is 2.39. The molecule has 0 aromatic heterocycles. The van der Waals surface area contributed by atoms with E-state index < -0.39 is 29.1 Å². The minimum atomic E-state index is -1.34.